The molecule has 5 nitrogen and oxygen atoms in total. The predicted octanol–water partition coefficient (Wildman–Crippen LogP) is 3.12. The number of terminal acetylenes is 1. The van der Waals surface area contributed by atoms with Crippen molar-refractivity contribution in [3.05, 3.63) is 26.6 Å². The van der Waals surface area contributed by atoms with E-state index in [1.807, 2.05) is 19.1 Å². The van der Waals surface area contributed by atoms with Crippen LogP contribution in [0, 0.1) is 19.3 Å². The lowest BCUT2D eigenvalue weighted by molar-refractivity contribution is -0.139. The van der Waals surface area contributed by atoms with Crippen LogP contribution in [0.15, 0.2) is 21.1 Å². The molecule has 106 valence electrons. The summed E-state index contributed by atoms with van der Waals surface area (Å²) in [5.41, 5.74) is 1.52. The number of hydrogen-bond donors (Lipinski definition) is 3. The number of carbonyl (C=O) groups is 2. The van der Waals surface area contributed by atoms with Crippen molar-refractivity contribution in [1.29, 1.82) is 0 Å². The molecule has 0 bridgehead atoms. The molecule has 3 N–H and O–H groups in total. The minimum atomic E-state index is -1.18. The summed E-state index contributed by atoms with van der Waals surface area (Å²) in [6.07, 6.45) is 4.98. The molecule has 1 aromatic rings. The number of hydrogen-bond acceptors (Lipinski definition) is 2. The molecule has 0 fully saturated rings. The number of aliphatic carboxylic acids is 1. The van der Waals surface area contributed by atoms with Crippen molar-refractivity contribution in [2.75, 3.05) is 5.32 Å². The van der Waals surface area contributed by atoms with E-state index in [1.54, 1.807) is 0 Å². The molecule has 0 aliphatic carbocycles. The van der Waals surface area contributed by atoms with E-state index in [-0.39, 0.29) is 6.42 Å². The maximum Gasteiger partial charge on any atom is 0.327 e. The SMILES string of the molecule is C#CCC(NC(=O)Nc1c(Br)cc(C)cc1Br)C(=O)O. The number of anilines is 1. The molecule has 20 heavy (non-hydrogen) atoms. The van der Waals surface area contributed by atoms with Gasteiger partial charge in [-0.2, -0.15) is 0 Å². The molecule has 1 aromatic carbocycles. The standard InChI is InChI=1S/C13H12Br2N2O3/c1-3-4-10(12(18)19)16-13(20)17-11-8(14)5-7(2)6-9(11)15/h1,5-6,10H,4H2,2H3,(H,18,19)(H2,16,17,20). The highest BCUT2D eigenvalue weighted by molar-refractivity contribution is 9.11. The first-order valence-electron chi connectivity index (χ1n) is 5.54. The molecule has 0 aromatic heterocycles. The number of benzene rings is 1. The molecule has 0 spiro atoms. The summed E-state index contributed by atoms with van der Waals surface area (Å²) >= 11 is 6.66. The first-order valence-corrected chi connectivity index (χ1v) is 7.13. The summed E-state index contributed by atoms with van der Waals surface area (Å²) in [4.78, 5) is 22.7. The molecule has 7 heteroatoms. The van der Waals surface area contributed by atoms with Crippen LogP contribution in [0.1, 0.15) is 12.0 Å². The molecule has 1 atom stereocenters. The molecule has 0 aliphatic heterocycles. The second kappa shape index (κ2) is 7.31. The van der Waals surface area contributed by atoms with Gasteiger partial charge in [0.25, 0.3) is 0 Å². The Kier molecular flexibility index (Phi) is 6.05. The molecule has 0 saturated carbocycles. The van der Waals surface area contributed by atoms with E-state index in [0.717, 1.165) is 5.56 Å². The number of carboxylic acid groups (broad SMARTS) is 1. The van der Waals surface area contributed by atoms with Gasteiger partial charge in [-0.1, -0.05) is 0 Å². The maximum atomic E-state index is 11.8. The van der Waals surface area contributed by atoms with Gasteiger partial charge in [-0.05, 0) is 56.5 Å². The Hall–Kier alpha value is -1.52. The number of aryl methyl sites for hydroxylation is 1. The van der Waals surface area contributed by atoms with Crippen LogP contribution in [-0.2, 0) is 4.79 Å². The Morgan fingerprint density at radius 3 is 2.40 bits per heavy atom. The quantitative estimate of drug-likeness (QED) is 0.676. The molecule has 1 rings (SSSR count). The molecule has 0 heterocycles. The van der Waals surface area contributed by atoms with Crippen molar-refractivity contribution in [1.82, 2.24) is 5.32 Å². The minimum absolute atomic E-state index is 0.0843. The van der Waals surface area contributed by atoms with Gasteiger partial charge >= 0.3 is 12.0 Å². The number of halogens is 2. The van der Waals surface area contributed by atoms with Crippen LogP contribution >= 0.6 is 31.9 Å². The predicted molar refractivity (Wildman–Crippen MR) is 83.6 cm³/mol. The van der Waals surface area contributed by atoms with Crippen molar-refractivity contribution in [2.24, 2.45) is 0 Å². The lowest BCUT2D eigenvalue weighted by atomic mass is 10.2. The maximum absolute atomic E-state index is 11.8. The molecular weight excluding hydrogens is 392 g/mol. The highest BCUT2D eigenvalue weighted by Gasteiger charge is 2.19. The van der Waals surface area contributed by atoms with Crippen LogP contribution in [0.25, 0.3) is 0 Å². The smallest absolute Gasteiger partial charge is 0.327 e. The highest BCUT2D eigenvalue weighted by Crippen LogP contribution is 2.32. The van der Waals surface area contributed by atoms with Gasteiger partial charge in [-0.3, -0.25) is 0 Å². The molecule has 0 saturated heterocycles. The fourth-order valence-electron chi connectivity index (χ4n) is 1.45. The normalized spacial score (nSPS) is 11.3. The second-order valence-electron chi connectivity index (χ2n) is 4.00. The second-order valence-corrected chi connectivity index (χ2v) is 5.71. The van der Waals surface area contributed by atoms with Crippen LogP contribution in [-0.4, -0.2) is 23.1 Å². The fraction of sp³-hybridized carbons (Fsp3) is 0.231. The largest absolute Gasteiger partial charge is 0.480 e. The van der Waals surface area contributed by atoms with Crippen molar-refractivity contribution in [3.63, 3.8) is 0 Å². The van der Waals surface area contributed by atoms with Crippen molar-refractivity contribution in [2.45, 2.75) is 19.4 Å². The van der Waals surface area contributed by atoms with Gasteiger partial charge in [0.05, 0.1) is 5.69 Å². The Labute approximate surface area is 133 Å². The Balaban J connectivity index is 2.81. The average molecular weight is 404 g/mol. The van der Waals surface area contributed by atoms with Crippen molar-refractivity contribution >= 4 is 49.5 Å². The van der Waals surface area contributed by atoms with Crippen molar-refractivity contribution < 1.29 is 14.7 Å². The summed E-state index contributed by atoms with van der Waals surface area (Å²) in [6.45, 7) is 1.91. The number of nitrogens with one attached hydrogen (secondary N) is 2. The number of carbonyl (C=O) groups excluding carboxylic acids is 1. The van der Waals surface area contributed by atoms with Crippen LogP contribution in [0.5, 0.6) is 0 Å². The van der Waals surface area contributed by atoms with E-state index in [9.17, 15) is 9.59 Å². The van der Waals surface area contributed by atoms with E-state index in [0.29, 0.717) is 14.6 Å². The molecular formula is C13H12Br2N2O3. The summed E-state index contributed by atoms with van der Waals surface area (Å²) in [7, 11) is 0. The zero-order valence-corrected chi connectivity index (χ0v) is 13.7. The van der Waals surface area contributed by atoms with Gasteiger partial charge in [-0.25, -0.2) is 9.59 Å². The van der Waals surface area contributed by atoms with Crippen LogP contribution in [0.3, 0.4) is 0 Å². The monoisotopic (exact) mass is 402 g/mol. The van der Waals surface area contributed by atoms with Gasteiger partial charge in [0.2, 0.25) is 0 Å². The van der Waals surface area contributed by atoms with Gasteiger partial charge in [-0.15, -0.1) is 12.3 Å². The zero-order chi connectivity index (χ0) is 15.3. The molecule has 0 aliphatic rings. The summed E-state index contributed by atoms with van der Waals surface area (Å²) in [5, 5.41) is 13.8. The van der Waals surface area contributed by atoms with E-state index >= 15 is 0 Å². The molecule has 0 radical (unpaired) electrons. The number of urea groups is 1. The van der Waals surface area contributed by atoms with Gasteiger partial charge in [0.15, 0.2) is 0 Å². The Morgan fingerprint density at radius 1 is 1.40 bits per heavy atom. The lowest BCUT2D eigenvalue weighted by Crippen LogP contribution is -2.42. The van der Waals surface area contributed by atoms with Gasteiger partial charge in [0.1, 0.15) is 6.04 Å². The summed E-state index contributed by atoms with van der Waals surface area (Å²) in [5.74, 6) is 1.03. The average Bonchev–Trinajstić information content (AvgIpc) is 2.33. The van der Waals surface area contributed by atoms with E-state index in [4.69, 9.17) is 11.5 Å². The summed E-state index contributed by atoms with van der Waals surface area (Å²) in [6, 6.07) is 1.90. The minimum Gasteiger partial charge on any atom is -0.480 e. The number of amides is 2. The third kappa shape index (κ3) is 4.54. The first-order chi connectivity index (χ1) is 9.35. The van der Waals surface area contributed by atoms with Gasteiger partial charge in [0, 0.05) is 15.4 Å². The van der Waals surface area contributed by atoms with Crippen molar-refractivity contribution in [3.8, 4) is 12.3 Å². The third-order valence-electron chi connectivity index (χ3n) is 2.35. The number of rotatable bonds is 4. The summed E-state index contributed by atoms with van der Waals surface area (Å²) < 4.78 is 1.37. The highest BCUT2D eigenvalue weighted by atomic mass is 79.9. The van der Waals surface area contributed by atoms with E-state index in [2.05, 4.69) is 48.4 Å². The lowest BCUT2D eigenvalue weighted by Gasteiger charge is -2.15. The van der Waals surface area contributed by atoms with E-state index in [1.165, 1.54) is 0 Å². The Bertz CT molecular complexity index is 558. The van der Waals surface area contributed by atoms with Crippen LogP contribution in [0.2, 0.25) is 0 Å². The van der Waals surface area contributed by atoms with Crippen LogP contribution < -0.4 is 10.6 Å². The van der Waals surface area contributed by atoms with E-state index < -0.39 is 18.0 Å². The fourth-order valence-corrected chi connectivity index (χ4v) is 3.06. The third-order valence-corrected chi connectivity index (χ3v) is 3.60. The molecule has 2 amide bonds. The first kappa shape index (κ1) is 16.5. The Morgan fingerprint density at radius 2 is 1.95 bits per heavy atom. The van der Waals surface area contributed by atoms with Crippen LogP contribution in [0.4, 0.5) is 10.5 Å². The zero-order valence-electron chi connectivity index (χ0n) is 10.5. The topological polar surface area (TPSA) is 78.4 Å². The molecule has 1 unspecified atom stereocenters. The van der Waals surface area contributed by atoms with Gasteiger partial charge < -0.3 is 15.7 Å². The number of carboxylic acids is 1.